The van der Waals surface area contributed by atoms with E-state index in [4.69, 9.17) is 0 Å². The molecule has 0 saturated carbocycles. The van der Waals surface area contributed by atoms with Crippen LogP contribution < -0.4 is 10.0 Å². The maximum absolute atomic E-state index is 12.2. The van der Waals surface area contributed by atoms with Crippen molar-refractivity contribution in [3.63, 3.8) is 0 Å². The van der Waals surface area contributed by atoms with Gasteiger partial charge in [0.2, 0.25) is 0 Å². The van der Waals surface area contributed by atoms with Gasteiger partial charge >= 0.3 is 0 Å². The van der Waals surface area contributed by atoms with Gasteiger partial charge in [-0.2, -0.15) is 5.10 Å². The average Bonchev–Trinajstić information content (AvgIpc) is 3.07. The van der Waals surface area contributed by atoms with E-state index in [-0.39, 0.29) is 5.03 Å². The first-order chi connectivity index (χ1) is 10.0. The number of aromatic nitrogens is 5. The van der Waals surface area contributed by atoms with E-state index in [1.54, 1.807) is 31.0 Å². The third-order valence-corrected chi connectivity index (χ3v) is 4.40. The highest BCUT2D eigenvalue weighted by Crippen LogP contribution is 2.15. The maximum atomic E-state index is 12.2. The summed E-state index contributed by atoms with van der Waals surface area (Å²) < 4.78 is 28.7. The quantitative estimate of drug-likeness (QED) is 0.560. The Balaban J connectivity index is 1.95. The van der Waals surface area contributed by atoms with Crippen molar-refractivity contribution in [3.05, 3.63) is 23.7 Å². The van der Waals surface area contributed by atoms with Gasteiger partial charge in [0.1, 0.15) is 0 Å². The summed E-state index contributed by atoms with van der Waals surface area (Å²) in [6, 6.07) is 0. The van der Waals surface area contributed by atoms with Gasteiger partial charge in [-0.15, -0.1) is 5.10 Å². The van der Waals surface area contributed by atoms with Gasteiger partial charge in [0.05, 0.1) is 6.20 Å². The first-order valence-electron chi connectivity index (χ1n) is 6.57. The van der Waals surface area contributed by atoms with Crippen LogP contribution in [0.1, 0.15) is 17.7 Å². The minimum absolute atomic E-state index is 0.0510. The van der Waals surface area contributed by atoms with Gasteiger partial charge in [0, 0.05) is 37.1 Å². The molecule has 0 atom stereocenters. The zero-order valence-corrected chi connectivity index (χ0v) is 12.8. The molecule has 0 fully saturated rings. The molecule has 0 aliphatic carbocycles. The normalized spacial score (nSPS) is 11.9. The zero-order chi connectivity index (χ0) is 15.3. The fourth-order valence-corrected chi connectivity index (χ4v) is 3.17. The molecule has 116 valence electrons. The number of aromatic amines is 1. The van der Waals surface area contributed by atoms with E-state index in [1.807, 2.05) is 0 Å². The molecular formula is C11H19N7O2S. The lowest BCUT2D eigenvalue weighted by Crippen LogP contribution is -2.27. The molecule has 2 aromatic heterocycles. The SMILES string of the molecule is CNCc1c(S(=O)(=O)NCCCn2ccnn2)n[nH]c1C. The monoisotopic (exact) mass is 313 g/mol. The molecular weight excluding hydrogens is 294 g/mol. The predicted octanol–water partition coefficient (Wildman–Crippen LogP) is -0.602. The van der Waals surface area contributed by atoms with Crippen molar-refractivity contribution in [1.82, 2.24) is 35.2 Å². The van der Waals surface area contributed by atoms with E-state index in [0.717, 1.165) is 5.69 Å². The molecule has 0 spiro atoms. The molecule has 0 saturated heterocycles. The number of rotatable bonds is 8. The molecule has 10 heteroatoms. The van der Waals surface area contributed by atoms with E-state index in [9.17, 15) is 8.42 Å². The Labute approximate surface area is 123 Å². The second kappa shape index (κ2) is 6.78. The van der Waals surface area contributed by atoms with Crippen LogP contribution in [-0.4, -0.2) is 47.2 Å². The largest absolute Gasteiger partial charge is 0.316 e. The fraction of sp³-hybridized carbons (Fsp3) is 0.545. The van der Waals surface area contributed by atoms with Gasteiger partial charge in [-0.1, -0.05) is 5.21 Å². The Morgan fingerprint density at radius 1 is 1.43 bits per heavy atom. The maximum Gasteiger partial charge on any atom is 0.260 e. The van der Waals surface area contributed by atoms with Crippen molar-refractivity contribution in [3.8, 4) is 0 Å². The lowest BCUT2D eigenvalue weighted by Gasteiger charge is -2.07. The van der Waals surface area contributed by atoms with Crippen LogP contribution in [0.25, 0.3) is 0 Å². The number of nitrogens with zero attached hydrogens (tertiary/aromatic N) is 4. The standard InChI is InChI=1S/C11H19N7O2S/c1-9-10(8-12-2)11(16-15-9)21(19,20)14-4-3-6-18-7-5-13-17-18/h5,7,12,14H,3-4,6,8H2,1-2H3,(H,15,16). The lowest BCUT2D eigenvalue weighted by molar-refractivity contribution is 0.540. The van der Waals surface area contributed by atoms with Crippen LogP contribution >= 0.6 is 0 Å². The lowest BCUT2D eigenvalue weighted by atomic mass is 10.3. The highest BCUT2D eigenvalue weighted by molar-refractivity contribution is 7.89. The topological polar surface area (TPSA) is 118 Å². The Bertz CT molecular complexity index is 663. The van der Waals surface area contributed by atoms with E-state index < -0.39 is 10.0 Å². The molecule has 0 radical (unpaired) electrons. The summed E-state index contributed by atoms with van der Waals surface area (Å²) in [6.45, 7) is 3.15. The second-order valence-corrected chi connectivity index (χ2v) is 6.26. The van der Waals surface area contributed by atoms with Crippen molar-refractivity contribution in [2.75, 3.05) is 13.6 Å². The molecule has 3 N–H and O–H groups in total. The van der Waals surface area contributed by atoms with Crippen molar-refractivity contribution in [2.24, 2.45) is 0 Å². The number of H-pyrrole nitrogens is 1. The average molecular weight is 313 g/mol. The summed E-state index contributed by atoms with van der Waals surface area (Å²) in [5.41, 5.74) is 1.40. The molecule has 2 aromatic rings. The molecule has 0 amide bonds. The van der Waals surface area contributed by atoms with E-state index >= 15 is 0 Å². The van der Waals surface area contributed by atoms with Crippen LogP contribution in [0.4, 0.5) is 0 Å². The van der Waals surface area contributed by atoms with Gasteiger partial charge < -0.3 is 5.32 Å². The Kier molecular flexibility index (Phi) is 5.04. The number of hydrogen-bond donors (Lipinski definition) is 3. The highest BCUT2D eigenvalue weighted by Gasteiger charge is 2.22. The first-order valence-corrected chi connectivity index (χ1v) is 8.05. The van der Waals surface area contributed by atoms with Crippen molar-refractivity contribution in [2.45, 2.75) is 31.5 Å². The Morgan fingerprint density at radius 3 is 2.90 bits per heavy atom. The van der Waals surface area contributed by atoms with Crippen LogP contribution in [0.5, 0.6) is 0 Å². The number of nitrogens with one attached hydrogen (secondary N) is 3. The summed E-state index contributed by atoms with van der Waals surface area (Å²) in [6.07, 6.45) is 3.94. The third kappa shape index (κ3) is 3.86. The summed E-state index contributed by atoms with van der Waals surface area (Å²) in [7, 11) is -1.85. The minimum atomic E-state index is -3.61. The summed E-state index contributed by atoms with van der Waals surface area (Å²) in [5, 5.41) is 17.1. The summed E-state index contributed by atoms with van der Waals surface area (Å²) >= 11 is 0. The highest BCUT2D eigenvalue weighted by atomic mass is 32.2. The Hall–Kier alpha value is -1.78. The van der Waals surface area contributed by atoms with Crippen LogP contribution in [-0.2, 0) is 23.1 Å². The van der Waals surface area contributed by atoms with Crippen molar-refractivity contribution < 1.29 is 8.42 Å². The van der Waals surface area contributed by atoms with Gasteiger partial charge in [-0.3, -0.25) is 9.78 Å². The van der Waals surface area contributed by atoms with E-state index in [1.165, 1.54) is 0 Å². The van der Waals surface area contributed by atoms with Gasteiger partial charge in [-0.05, 0) is 20.4 Å². The fourth-order valence-electron chi connectivity index (χ4n) is 1.91. The summed E-state index contributed by atoms with van der Waals surface area (Å²) in [4.78, 5) is 0. The number of sulfonamides is 1. The van der Waals surface area contributed by atoms with Crippen LogP contribution in [0.15, 0.2) is 17.4 Å². The van der Waals surface area contributed by atoms with Crippen LogP contribution in [0.2, 0.25) is 0 Å². The minimum Gasteiger partial charge on any atom is -0.316 e. The molecule has 9 nitrogen and oxygen atoms in total. The van der Waals surface area contributed by atoms with Crippen LogP contribution in [0, 0.1) is 6.92 Å². The van der Waals surface area contributed by atoms with E-state index in [2.05, 4.69) is 30.5 Å². The van der Waals surface area contributed by atoms with Gasteiger partial charge in [-0.25, -0.2) is 13.1 Å². The van der Waals surface area contributed by atoms with Gasteiger partial charge in [0.15, 0.2) is 5.03 Å². The van der Waals surface area contributed by atoms with Crippen molar-refractivity contribution in [1.29, 1.82) is 0 Å². The molecule has 0 aliphatic heterocycles. The molecule has 21 heavy (non-hydrogen) atoms. The number of hydrogen-bond acceptors (Lipinski definition) is 6. The molecule has 2 heterocycles. The first kappa shape index (κ1) is 15.6. The molecule has 0 aliphatic rings. The van der Waals surface area contributed by atoms with E-state index in [0.29, 0.717) is 31.6 Å². The van der Waals surface area contributed by atoms with Crippen LogP contribution in [0.3, 0.4) is 0 Å². The van der Waals surface area contributed by atoms with Gasteiger partial charge in [0.25, 0.3) is 10.0 Å². The summed E-state index contributed by atoms with van der Waals surface area (Å²) in [5.74, 6) is 0. The second-order valence-electron chi connectivity index (χ2n) is 4.58. The Morgan fingerprint density at radius 2 is 2.24 bits per heavy atom. The zero-order valence-electron chi connectivity index (χ0n) is 12.0. The third-order valence-electron chi connectivity index (χ3n) is 2.97. The number of aryl methyl sites for hydroxylation is 2. The smallest absolute Gasteiger partial charge is 0.260 e. The molecule has 0 bridgehead atoms. The predicted molar refractivity (Wildman–Crippen MR) is 75.9 cm³/mol. The molecule has 0 aromatic carbocycles. The molecule has 0 unspecified atom stereocenters. The molecule has 2 rings (SSSR count). The van der Waals surface area contributed by atoms with Crippen molar-refractivity contribution >= 4 is 10.0 Å².